The lowest BCUT2D eigenvalue weighted by Crippen LogP contribution is -2.45. The third-order valence-electron chi connectivity index (χ3n) is 5.68. The average molecular weight is 490 g/mol. The summed E-state index contributed by atoms with van der Waals surface area (Å²) in [7, 11) is 0. The number of benzene rings is 2. The summed E-state index contributed by atoms with van der Waals surface area (Å²) in [5, 5.41) is 14.6. The average Bonchev–Trinajstić information content (AvgIpc) is 2.81. The second-order valence-corrected chi connectivity index (χ2v) is 8.96. The summed E-state index contributed by atoms with van der Waals surface area (Å²) < 4.78 is 5.99. The first-order valence-corrected chi connectivity index (χ1v) is 11.6. The van der Waals surface area contributed by atoms with E-state index in [1.807, 2.05) is 0 Å². The standard InChI is InChI=1S/C24H25Cl2N3O4/c25-19-6-5-17(11-20(19)26)33-16-7-9-29(10-8-16)14-15(30)13-27-24(32)22-12-23(31)18-3-1-2-4-21(18)28-22/h1-6,11-12,15-16,30H,7-10,13-14H2,(H,27,32)(H,28,31)/t15-/m1/s1. The highest BCUT2D eigenvalue weighted by Crippen LogP contribution is 2.28. The molecule has 33 heavy (non-hydrogen) atoms. The molecular formula is C24H25Cl2N3O4. The van der Waals surface area contributed by atoms with Crippen molar-refractivity contribution in [3.63, 3.8) is 0 Å². The van der Waals surface area contributed by atoms with Gasteiger partial charge in [0.1, 0.15) is 17.5 Å². The molecule has 1 aliphatic rings. The molecule has 1 aromatic heterocycles. The van der Waals surface area contributed by atoms with Crippen molar-refractivity contribution >= 4 is 40.0 Å². The Morgan fingerprint density at radius 3 is 2.67 bits per heavy atom. The number of β-amino-alcohol motifs (C(OH)–C–C–N with tert-alkyl or cyclic N) is 1. The largest absolute Gasteiger partial charge is 0.490 e. The zero-order valence-electron chi connectivity index (χ0n) is 17.9. The van der Waals surface area contributed by atoms with E-state index in [9.17, 15) is 14.7 Å². The van der Waals surface area contributed by atoms with E-state index in [-0.39, 0.29) is 23.8 Å². The number of hydrogen-bond acceptors (Lipinski definition) is 5. The number of halogens is 2. The van der Waals surface area contributed by atoms with E-state index >= 15 is 0 Å². The van der Waals surface area contributed by atoms with Crippen LogP contribution < -0.4 is 15.5 Å². The number of piperidine rings is 1. The molecule has 174 valence electrons. The minimum atomic E-state index is -0.728. The fourth-order valence-electron chi connectivity index (χ4n) is 3.94. The Kier molecular flexibility index (Phi) is 7.55. The van der Waals surface area contributed by atoms with Crippen LogP contribution in [0.2, 0.25) is 10.0 Å². The number of pyridine rings is 1. The number of fused-ring (bicyclic) bond motifs is 1. The van der Waals surface area contributed by atoms with Gasteiger partial charge in [-0.25, -0.2) is 0 Å². The number of aromatic amines is 1. The van der Waals surface area contributed by atoms with Crippen molar-refractivity contribution in [2.45, 2.75) is 25.0 Å². The molecule has 4 rings (SSSR count). The number of nitrogens with zero attached hydrogens (tertiary/aromatic N) is 1. The lowest BCUT2D eigenvalue weighted by Gasteiger charge is -2.33. The predicted octanol–water partition coefficient (Wildman–Crippen LogP) is 3.47. The van der Waals surface area contributed by atoms with E-state index < -0.39 is 12.0 Å². The number of ether oxygens (including phenoxy) is 1. The van der Waals surface area contributed by atoms with Crippen LogP contribution in [0.4, 0.5) is 0 Å². The van der Waals surface area contributed by atoms with Crippen LogP contribution in [0.1, 0.15) is 23.3 Å². The van der Waals surface area contributed by atoms with Crippen LogP contribution in [0.15, 0.2) is 53.3 Å². The number of hydrogen-bond donors (Lipinski definition) is 3. The molecule has 0 aliphatic carbocycles. The number of carbonyl (C=O) groups excluding carboxylic acids is 1. The smallest absolute Gasteiger partial charge is 0.267 e. The minimum absolute atomic E-state index is 0.0695. The molecule has 0 radical (unpaired) electrons. The van der Waals surface area contributed by atoms with E-state index in [1.165, 1.54) is 6.07 Å². The predicted molar refractivity (Wildman–Crippen MR) is 129 cm³/mol. The maximum absolute atomic E-state index is 12.5. The molecule has 3 N–H and O–H groups in total. The number of aliphatic hydroxyl groups is 1. The fourth-order valence-corrected chi connectivity index (χ4v) is 4.23. The van der Waals surface area contributed by atoms with Gasteiger partial charge in [-0.1, -0.05) is 35.3 Å². The Balaban J connectivity index is 1.23. The van der Waals surface area contributed by atoms with Crippen molar-refractivity contribution in [3.8, 4) is 5.75 Å². The van der Waals surface area contributed by atoms with E-state index in [0.29, 0.717) is 33.2 Å². The Bertz CT molecular complexity index is 1190. The van der Waals surface area contributed by atoms with Gasteiger partial charge in [0.15, 0.2) is 5.43 Å². The van der Waals surface area contributed by atoms with Gasteiger partial charge in [0, 0.05) is 49.2 Å². The molecule has 1 amide bonds. The number of carbonyl (C=O) groups is 1. The first-order valence-electron chi connectivity index (χ1n) is 10.8. The van der Waals surface area contributed by atoms with Crippen LogP contribution in [0.25, 0.3) is 10.9 Å². The van der Waals surface area contributed by atoms with E-state index in [1.54, 1.807) is 42.5 Å². The Labute approximate surface area is 201 Å². The first-order chi connectivity index (χ1) is 15.9. The van der Waals surface area contributed by atoms with Crippen LogP contribution in [-0.4, -0.2) is 59.3 Å². The number of rotatable bonds is 7. The fraction of sp³-hybridized carbons (Fsp3) is 0.333. The van der Waals surface area contributed by atoms with E-state index in [2.05, 4.69) is 15.2 Å². The maximum Gasteiger partial charge on any atom is 0.267 e. The molecule has 0 spiro atoms. The van der Waals surface area contributed by atoms with Gasteiger partial charge in [0.05, 0.1) is 16.1 Å². The van der Waals surface area contributed by atoms with Crippen molar-refractivity contribution < 1.29 is 14.6 Å². The highest BCUT2D eigenvalue weighted by atomic mass is 35.5. The summed E-state index contributed by atoms with van der Waals surface area (Å²) in [6, 6.07) is 13.5. The van der Waals surface area contributed by atoms with Gasteiger partial charge in [0.25, 0.3) is 5.91 Å². The van der Waals surface area contributed by atoms with E-state index in [4.69, 9.17) is 27.9 Å². The molecule has 0 unspecified atom stereocenters. The number of aromatic nitrogens is 1. The molecule has 9 heteroatoms. The van der Waals surface area contributed by atoms with Crippen LogP contribution in [-0.2, 0) is 0 Å². The summed E-state index contributed by atoms with van der Waals surface area (Å²) >= 11 is 12.0. The molecule has 1 fully saturated rings. The van der Waals surface area contributed by atoms with Crippen LogP contribution in [0, 0.1) is 0 Å². The van der Waals surface area contributed by atoms with Crippen molar-refractivity contribution in [2.24, 2.45) is 0 Å². The van der Waals surface area contributed by atoms with Crippen molar-refractivity contribution in [2.75, 3.05) is 26.2 Å². The minimum Gasteiger partial charge on any atom is -0.490 e. The maximum atomic E-state index is 12.5. The highest BCUT2D eigenvalue weighted by molar-refractivity contribution is 6.42. The first kappa shape index (κ1) is 23.6. The monoisotopic (exact) mass is 489 g/mol. The quantitative estimate of drug-likeness (QED) is 0.472. The van der Waals surface area contributed by atoms with Gasteiger partial charge in [-0.3, -0.25) is 9.59 Å². The molecule has 2 heterocycles. The Hall–Kier alpha value is -2.58. The molecule has 0 saturated carbocycles. The molecular weight excluding hydrogens is 465 g/mol. The zero-order valence-corrected chi connectivity index (χ0v) is 19.4. The van der Waals surface area contributed by atoms with Gasteiger partial charge >= 0.3 is 0 Å². The summed E-state index contributed by atoms with van der Waals surface area (Å²) in [5.41, 5.74) is 0.550. The molecule has 3 aromatic rings. The molecule has 1 saturated heterocycles. The van der Waals surface area contributed by atoms with Gasteiger partial charge in [-0.2, -0.15) is 0 Å². The number of para-hydroxylation sites is 1. The number of amides is 1. The SMILES string of the molecule is O=C(NC[C@@H](O)CN1CCC(Oc2ccc(Cl)c(Cl)c2)CC1)c1cc(=O)c2ccccc2[nH]1. The number of aliphatic hydroxyl groups excluding tert-OH is 1. The molecule has 0 bridgehead atoms. The second-order valence-electron chi connectivity index (χ2n) is 8.15. The van der Waals surface area contributed by atoms with Crippen molar-refractivity contribution in [1.82, 2.24) is 15.2 Å². The van der Waals surface area contributed by atoms with Gasteiger partial charge in [-0.15, -0.1) is 0 Å². The van der Waals surface area contributed by atoms with E-state index in [0.717, 1.165) is 25.9 Å². The topological polar surface area (TPSA) is 94.7 Å². The third kappa shape index (κ3) is 6.06. The molecule has 1 atom stereocenters. The van der Waals surface area contributed by atoms with Gasteiger partial charge in [0.2, 0.25) is 0 Å². The van der Waals surface area contributed by atoms with Crippen LogP contribution in [0.3, 0.4) is 0 Å². The second kappa shape index (κ2) is 10.6. The number of nitrogens with one attached hydrogen (secondary N) is 2. The molecule has 2 aromatic carbocycles. The summed E-state index contributed by atoms with van der Waals surface area (Å²) in [6.07, 6.45) is 0.976. The summed E-state index contributed by atoms with van der Waals surface area (Å²) in [6.45, 7) is 2.07. The number of H-pyrrole nitrogens is 1. The van der Waals surface area contributed by atoms with Gasteiger partial charge in [-0.05, 0) is 37.1 Å². The van der Waals surface area contributed by atoms with Crippen molar-refractivity contribution in [1.29, 1.82) is 0 Å². The molecule has 7 nitrogen and oxygen atoms in total. The molecule has 1 aliphatic heterocycles. The van der Waals surface area contributed by atoms with Crippen LogP contribution in [0.5, 0.6) is 5.75 Å². The zero-order chi connectivity index (χ0) is 23.4. The Morgan fingerprint density at radius 1 is 1.15 bits per heavy atom. The lowest BCUT2D eigenvalue weighted by atomic mass is 10.1. The number of likely N-dealkylation sites (tertiary alicyclic amines) is 1. The lowest BCUT2D eigenvalue weighted by molar-refractivity contribution is 0.0593. The third-order valence-corrected chi connectivity index (χ3v) is 6.42. The summed E-state index contributed by atoms with van der Waals surface area (Å²) in [4.78, 5) is 29.8. The highest BCUT2D eigenvalue weighted by Gasteiger charge is 2.23. The van der Waals surface area contributed by atoms with Gasteiger partial charge < -0.3 is 25.0 Å². The Morgan fingerprint density at radius 2 is 1.91 bits per heavy atom. The van der Waals surface area contributed by atoms with Crippen molar-refractivity contribution in [3.05, 3.63) is 74.5 Å². The van der Waals surface area contributed by atoms with Crippen LogP contribution >= 0.6 is 23.2 Å². The normalized spacial score (nSPS) is 16.0. The summed E-state index contributed by atoms with van der Waals surface area (Å²) in [5.74, 6) is 0.267.